The van der Waals surface area contributed by atoms with Gasteiger partial charge in [0, 0.05) is 41.0 Å². The highest BCUT2D eigenvalue weighted by Crippen LogP contribution is 2.33. The van der Waals surface area contributed by atoms with Gasteiger partial charge in [-0.2, -0.15) is 5.10 Å². The lowest BCUT2D eigenvalue weighted by atomic mass is 10.1. The number of rotatable bonds is 5. The Kier molecular flexibility index (Phi) is 5.24. The van der Waals surface area contributed by atoms with Crippen LogP contribution in [0.3, 0.4) is 0 Å². The summed E-state index contributed by atoms with van der Waals surface area (Å²) in [6.07, 6.45) is 3.62. The second-order valence-corrected chi connectivity index (χ2v) is 10.5. The first-order chi connectivity index (χ1) is 18.8. The number of carbonyl (C=O) groups is 1. The maximum absolute atomic E-state index is 13.3. The van der Waals surface area contributed by atoms with Crippen LogP contribution in [-0.4, -0.2) is 54.6 Å². The molecule has 194 valence electrons. The number of nitrogens with zero attached hydrogens (tertiary/aromatic N) is 5. The summed E-state index contributed by atoms with van der Waals surface area (Å²) in [4.78, 5) is 24.5. The molecular formula is C28H21F2N7OS. The molecule has 0 atom stereocenters. The van der Waals surface area contributed by atoms with E-state index in [0.717, 1.165) is 43.5 Å². The number of likely N-dealkylation sites (tertiary alicyclic amines) is 1. The number of hydrogen-bond acceptors (Lipinski definition) is 6. The molecule has 39 heavy (non-hydrogen) atoms. The number of aromatic nitrogens is 5. The zero-order chi connectivity index (χ0) is 26.7. The van der Waals surface area contributed by atoms with Crippen LogP contribution in [0.15, 0.2) is 72.4 Å². The average Bonchev–Trinajstić information content (AvgIpc) is 3.68. The monoisotopic (exact) mass is 541 g/mol. The molecule has 1 aliphatic heterocycles. The van der Waals surface area contributed by atoms with Crippen molar-refractivity contribution in [3.63, 3.8) is 0 Å². The highest BCUT2D eigenvalue weighted by Gasteiger charge is 2.46. The summed E-state index contributed by atoms with van der Waals surface area (Å²) in [5.74, 6) is -1.98. The molecular weight excluding hydrogens is 520 g/mol. The lowest BCUT2D eigenvalue weighted by Crippen LogP contribution is -2.58. The van der Waals surface area contributed by atoms with Gasteiger partial charge in [0.15, 0.2) is 5.82 Å². The Morgan fingerprint density at radius 3 is 2.56 bits per heavy atom. The van der Waals surface area contributed by atoms with Gasteiger partial charge in [0.05, 0.1) is 24.7 Å². The summed E-state index contributed by atoms with van der Waals surface area (Å²) in [6, 6.07) is 17.5. The highest BCUT2D eigenvalue weighted by atomic mass is 32.1. The molecule has 7 rings (SSSR count). The molecule has 1 aliphatic rings. The van der Waals surface area contributed by atoms with Crippen molar-refractivity contribution < 1.29 is 13.6 Å². The molecule has 11 heteroatoms. The first kappa shape index (κ1) is 23.5. The summed E-state index contributed by atoms with van der Waals surface area (Å²) in [5.41, 5.74) is 4.89. The van der Waals surface area contributed by atoms with E-state index in [1.165, 1.54) is 16.2 Å². The lowest BCUT2D eigenvalue weighted by Gasteiger charge is -2.38. The molecule has 1 amide bonds. The maximum atomic E-state index is 13.3. The quantitative estimate of drug-likeness (QED) is 0.276. The van der Waals surface area contributed by atoms with E-state index in [1.54, 1.807) is 23.9 Å². The van der Waals surface area contributed by atoms with E-state index in [9.17, 15) is 13.6 Å². The molecule has 0 radical (unpaired) electrons. The minimum Gasteiger partial charge on any atom is -0.340 e. The number of aryl methyl sites for hydroxylation is 1. The molecule has 4 aromatic heterocycles. The van der Waals surface area contributed by atoms with Gasteiger partial charge in [0.1, 0.15) is 16.3 Å². The highest BCUT2D eigenvalue weighted by molar-refractivity contribution is 7.16. The molecule has 0 unspecified atom stereocenters. The summed E-state index contributed by atoms with van der Waals surface area (Å²) in [5, 5.41) is 14.0. The molecule has 1 saturated heterocycles. The molecule has 1 fully saturated rings. The standard InChI is InChI=1S/C28H21F2N7OS/c1-36-22-11-18(3-2-17(22)10-23(36)27(38)37-14-28(29,30)15-37)24-34-25(21-8-9-39-26(21)35-24)33-20-6-4-16(5-7-20)19-12-31-32-13-19/h2-13H,14-15H2,1H3,(H,31,32)(H,33,34,35). The van der Waals surface area contributed by atoms with Crippen molar-refractivity contribution in [1.29, 1.82) is 0 Å². The van der Waals surface area contributed by atoms with Gasteiger partial charge < -0.3 is 14.8 Å². The number of halogens is 2. The van der Waals surface area contributed by atoms with Crippen molar-refractivity contribution in [2.75, 3.05) is 18.4 Å². The topological polar surface area (TPSA) is 91.7 Å². The lowest BCUT2D eigenvalue weighted by molar-refractivity contribution is -0.113. The maximum Gasteiger partial charge on any atom is 0.282 e. The van der Waals surface area contributed by atoms with Gasteiger partial charge in [0.2, 0.25) is 0 Å². The molecule has 0 spiro atoms. The van der Waals surface area contributed by atoms with Crippen LogP contribution in [0.5, 0.6) is 0 Å². The Morgan fingerprint density at radius 2 is 1.82 bits per heavy atom. The van der Waals surface area contributed by atoms with Gasteiger partial charge in [-0.15, -0.1) is 11.3 Å². The van der Waals surface area contributed by atoms with Crippen molar-refractivity contribution in [3.05, 3.63) is 78.1 Å². The number of nitrogens with one attached hydrogen (secondary N) is 2. The number of thiophene rings is 1. The molecule has 2 aromatic carbocycles. The average molecular weight is 542 g/mol. The predicted molar refractivity (Wildman–Crippen MR) is 147 cm³/mol. The van der Waals surface area contributed by atoms with Gasteiger partial charge in [0.25, 0.3) is 11.8 Å². The van der Waals surface area contributed by atoms with Gasteiger partial charge in [-0.1, -0.05) is 24.3 Å². The summed E-state index contributed by atoms with van der Waals surface area (Å²) >= 11 is 1.53. The normalized spacial score (nSPS) is 14.6. The third-order valence-corrected chi connectivity index (χ3v) is 7.77. The van der Waals surface area contributed by atoms with Crippen molar-refractivity contribution >= 4 is 49.9 Å². The van der Waals surface area contributed by atoms with E-state index in [2.05, 4.69) is 15.5 Å². The molecule has 8 nitrogen and oxygen atoms in total. The Labute approximate surface area is 224 Å². The minimum absolute atomic E-state index is 0.369. The summed E-state index contributed by atoms with van der Waals surface area (Å²) in [6.45, 7) is -1.09. The molecule has 0 saturated carbocycles. The second-order valence-electron chi connectivity index (χ2n) is 9.60. The fourth-order valence-corrected chi connectivity index (χ4v) is 5.63. The van der Waals surface area contributed by atoms with Crippen LogP contribution in [0.1, 0.15) is 10.5 Å². The van der Waals surface area contributed by atoms with Crippen LogP contribution >= 0.6 is 11.3 Å². The van der Waals surface area contributed by atoms with Crippen LogP contribution in [-0.2, 0) is 7.05 Å². The van der Waals surface area contributed by atoms with Gasteiger partial charge in [-0.25, -0.2) is 18.7 Å². The first-order valence-electron chi connectivity index (χ1n) is 12.2. The molecule has 6 aromatic rings. The predicted octanol–water partition coefficient (Wildman–Crippen LogP) is 6.07. The number of carbonyl (C=O) groups excluding carboxylic acids is 1. The molecule has 2 N–H and O–H groups in total. The zero-order valence-corrected chi connectivity index (χ0v) is 21.5. The molecule has 0 bridgehead atoms. The number of anilines is 2. The number of hydrogen-bond donors (Lipinski definition) is 2. The Bertz CT molecular complexity index is 1850. The van der Waals surface area contributed by atoms with Crippen LogP contribution in [0.2, 0.25) is 0 Å². The number of fused-ring (bicyclic) bond motifs is 2. The summed E-state index contributed by atoms with van der Waals surface area (Å²) in [7, 11) is 1.76. The number of aromatic amines is 1. The zero-order valence-electron chi connectivity index (χ0n) is 20.7. The van der Waals surface area contributed by atoms with Crippen molar-refractivity contribution in [3.8, 4) is 22.5 Å². The van der Waals surface area contributed by atoms with Crippen molar-refractivity contribution in [2.45, 2.75) is 5.92 Å². The van der Waals surface area contributed by atoms with Crippen LogP contribution < -0.4 is 5.32 Å². The summed E-state index contributed by atoms with van der Waals surface area (Å²) < 4.78 is 28.4. The number of benzene rings is 2. The fraction of sp³-hybridized carbons (Fsp3) is 0.143. The number of amides is 1. The van der Waals surface area contributed by atoms with Crippen LogP contribution in [0.4, 0.5) is 20.3 Å². The van der Waals surface area contributed by atoms with Gasteiger partial charge in [-0.05, 0) is 41.3 Å². The molecule has 0 aliphatic carbocycles. The van der Waals surface area contributed by atoms with Crippen molar-refractivity contribution in [2.24, 2.45) is 7.05 Å². The smallest absolute Gasteiger partial charge is 0.282 e. The number of H-pyrrole nitrogens is 1. The first-order valence-corrected chi connectivity index (χ1v) is 13.1. The van der Waals surface area contributed by atoms with E-state index < -0.39 is 24.9 Å². The fourth-order valence-electron chi connectivity index (χ4n) is 4.86. The second kappa shape index (κ2) is 8.70. The molecule has 5 heterocycles. The third-order valence-electron chi connectivity index (χ3n) is 6.96. The third kappa shape index (κ3) is 4.11. The van der Waals surface area contributed by atoms with Gasteiger partial charge >= 0.3 is 0 Å². The van der Waals surface area contributed by atoms with E-state index in [0.29, 0.717) is 17.3 Å². The Balaban J connectivity index is 1.22. The van der Waals surface area contributed by atoms with Gasteiger partial charge in [-0.3, -0.25) is 9.89 Å². The Morgan fingerprint density at radius 1 is 1.03 bits per heavy atom. The van der Waals surface area contributed by atoms with Crippen molar-refractivity contribution in [1.82, 2.24) is 29.6 Å². The van der Waals surface area contributed by atoms with E-state index in [-0.39, 0.29) is 0 Å². The van der Waals surface area contributed by atoms with Crippen LogP contribution in [0, 0.1) is 0 Å². The van der Waals surface area contributed by atoms with Crippen LogP contribution in [0.25, 0.3) is 43.6 Å². The minimum atomic E-state index is -2.81. The Hall–Kier alpha value is -4.64. The number of alkyl halides is 2. The van der Waals surface area contributed by atoms with E-state index in [4.69, 9.17) is 9.97 Å². The SMILES string of the molecule is Cn1c(C(=O)N2CC(F)(F)C2)cc2ccc(-c3nc(Nc4ccc(-c5cn[nH]c5)cc4)c4ccsc4n3)cc21. The van der Waals surface area contributed by atoms with E-state index >= 15 is 0 Å². The largest absolute Gasteiger partial charge is 0.340 e. The van der Waals surface area contributed by atoms with E-state index in [1.807, 2.05) is 60.1 Å².